The summed E-state index contributed by atoms with van der Waals surface area (Å²) in [5.41, 5.74) is 2.14. The minimum absolute atomic E-state index is 0.398. The average molecular weight is 301 g/mol. The van der Waals surface area contributed by atoms with E-state index < -0.39 is 0 Å². The first-order valence-electron chi connectivity index (χ1n) is 7.41. The topological polar surface area (TPSA) is 42.3 Å². The molecule has 1 aromatic rings. The number of hydrogen-bond donors (Lipinski definition) is 1. The normalized spacial score (nSPS) is 20.5. The quantitative estimate of drug-likeness (QED) is 0.865. The Morgan fingerprint density at radius 2 is 2.25 bits per heavy atom. The highest BCUT2D eigenvalue weighted by molar-refractivity contribution is 6.31. The van der Waals surface area contributed by atoms with E-state index in [0.717, 1.165) is 62.2 Å². The van der Waals surface area contributed by atoms with Crippen molar-refractivity contribution < 1.29 is 4.74 Å². The molecule has 114 valence electrons. The van der Waals surface area contributed by atoms with Gasteiger partial charge in [0, 0.05) is 32.2 Å². The zero-order chi connectivity index (χ0) is 14.5. The van der Waals surface area contributed by atoms with E-state index in [9.17, 15) is 0 Å². The van der Waals surface area contributed by atoms with Crippen LogP contribution in [0.25, 0.3) is 0 Å². The lowest BCUT2D eigenvalue weighted by molar-refractivity contribution is -0.0114. The number of rotatable bonds is 6. The number of aryl methyl sites for hydroxylation is 2. The van der Waals surface area contributed by atoms with Crippen molar-refractivity contribution in [2.75, 3.05) is 33.4 Å². The van der Waals surface area contributed by atoms with Gasteiger partial charge in [0.2, 0.25) is 0 Å². The maximum Gasteiger partial charge on any atom is 0.0863 e. The fourth-order valence-corrected chi connectivity index (χ4v) is 3.01. The first kappa shape index (κ1) is 15.8. The van der Waals surface area contributed by atoms with Crippen molar-refractivity contribution in [3.05, 3.63) is 16.4 Å². The maximum absolute atomic E-state index is 6.50. The van der Waals surface area contributed by atoms with E-state index in [4.69, 9.17) is 16.3 Å². The molecular weight excluding hydrogens is 276 g/mol. The molecule has 0 radical (unpaired) electrons. The Labute approximate surface area is 126 Å². The molecule has 1 saturated heterocycles. The second-order valence-corrected chi connectivity index (χ2v) is 5.51. The molecule has 0 spiro atoms. The van der Waals surface area contributed by atoms with Gasteiger partial charge in [0.15, 0.2) is 0 Å². The van der Waals surface area contributed by atoms with Crippen LogP contribution < -0.4 is 5.32 Å². The minimum atomic E-state index is 0.398. The van der Waals surface area contributed by atoms with Crippen LogP contribution in [0.3, 0.4) is 0 Å². The molecule has 6 heteroatoms. The zero-order valence-electron chi connectivity index (χ0n) is 12.7. The number of morpholine rings is 1. The summed E-state index contributed by atoms with van der Waals surface area (Å²) in [5, 5.41) is 8.67. The van der Waals surface area contributed by atoms with Crippen LogP contribution in [0.5, 0.6) is 0 Å². The smallest absolute Gasteiger partial charge is 0.0863 e. The molecule has 5 nitrogen and oxygen atoms in total. The van der Waals surface area contributed by atoms with Gasteiger partial charge in [0.25, 0.3) is 0 Å². The van der Waals surface area contributed by atoms with Crippen LogP contribution in [-0.4, -0.2) is 54.1 Å². The molecule has 2 rings (SSSR count). The third kappa shape index (κ3) is 3.34. The van der Waals surface area contributed by atoms with Crippen molar-refractivity contribution in [2.24, 2.45) is 0 Å². The van der Waals surface area contributed by atoms with Gasteiger partial charge in [-0.15, -0.1) is 0 Å². The van der Waals surface area contributed by atoms with Gasteiger partial charge in [-0.1, -0.05) is 18.5 Å². The fraction of sp³-hybridized carbons (Fsp3) is 0.786. The Morgan fingerprint density at radius 3 is 2.90 bits per heavy atom. The molecule has 1 unspecified atom stereocenters. The first-order valence-corrected chi connectivity index (χ1v) is 7.79. The molecule has 20 heavy (non-hydrogen) atoms. The van der Waals surface area contributed by atoms with Crippen LogP contribution in [0.1, 0.15) is 25.2 Å². The van der Waals surface area contributed by atoms with Gasteiger partial charge in [0.05, 0.1) is 29.6 Å². The number of halogens is 1. The maximum atomic E-state index is 6.50. The highest BCUT2D eigenvalue weighted by Gasteiger charge is 2.25. The van der Waals surface area contributed by atoms with Gasteiger partial charge in [-0.05, 0) is 20.4 Å². The van der Waals surface area contributed by atoms with Crippen LogP contribution in [0.15, 0.2) is 0 Å². The van der Waals surface area contributed by atoms with Gasteiger partial charge >= 0.3 is 0 Å². The van der Waals surface area contributed by atoms with Crippen LogP contribution in [0, 0.1) is 0 Å². The molecule has 1 atom stereocenters. The summed E-state index contributed by atoms with van der Waals surface area (Å²) in [5.74, 6) is 0. The second kappa shape index (κ2) is 7.41. The van der Waals surface area contributed by atoms with Crippen molar-refractivity contribution in [1.82, 2.24) is 20.0 Å². The van der Waals surface area contributed by atoms with Gasteiger partial charge in [-0.2, -0.15) is 5.10 Å². The molecule has 1 aromatic heterocycles. The first-order chi connectivity index (χ1) is 9.71. The van der Waals surface area contributed by atoms with E-state index in [2.05, 4.69) is 29.2 Å². The highest BCUT2D eigenvalue weighted by atomic mass is 35.5. The Hall–Kier alpha value is -0.620. The van der Waals surface area contributed by atoms with Gasteiger partial charge in [0.1, 0.15) is 0 Å². The molecule has 2 heterocycles. The average Bonchev–Trinajstić information content (AvgIpc) is 2.77. The number of nitrogens with one attached hydrogen (secondary N) is 1. The van der Waals surface area contributed by atoms with E-state index in [-0.39, 0.29) is 0 Å². The molecule has 0 amide bonds. The van der Waals surface area contributed by atoms with Crippen molar-refractivity contribution in [2.45, 2.75) is 39.4 Å². The Balaban J connectivity index is 2.17. The van der Waals surface area contributed by atoms with E-state index in [0.29, 0.717) is 6.04 Å². The van der Waals surface area contributed by atoms with Crippen molar-refractivity contribution in [3.8, 4) is 0 Å². The highest BCUT2D eigenvalue weighted by Crippen LogP contribution is 2.24. The van der Waals surface area contributed by atoms with Crippen LogP contribution in [0.2, 0.25) is 5.02 Å². The molecule has 1 N–H and O–H groups in total. The van der Waals surface area contributed by atoms with Crippen molar-refractivity contribution >= 4 is 11.6 Å². The van der Waals surface area contributed by atoms with Crippen LogP contribution in [0.4, 0.5) is 0 Å². The second-order valence-electron chi connectivity index (χ2n) is 5.13. The largest absolute Gasteiger partial charge is 0.378 e. The summed E-state index contributed by atoms with van der Waals surface area (Å²) in [6.07, 6.45) is 0.877. The summed E-state index contributed by atoms with van der Waals surface area (Å²) in [7, 11) is 1.98. The predicted octanol–water partition coefficient (Wildman–Crippen LogP) is 1.54. The monoisotopic (exact) mass is 300 g/mol. The Kier molecular flexibility index (Phi) is 5.84. The van der Waals surface area contributed by atoms with E-state index >= 15 is 0 Å². The van der Waals surface area contributed by atoms with E-state index in [1.807, 2.05) is 11.7 Å². The third-order valence-electron chi connectivity index (χ3n) is 3.84. The van der Waals surface area contributed by atoms with Gasteiger partial charge in [-0.3, -0.25) is 9.58 Å². The Morgan fingerprint density at radius 1 is 1.45 bits per heavy atom. The molecule has 0 aliphatic carbocycles. The molecule has 1 fully saturated rings. The number of hydrogen-bond acceptors (Lipinski definition) is 4. The minimum Gasteiger partial charge on any atom is -0.378 e. The van der Waals surface area contributed by atoms with Crippen LogP contribution >= 0.6 is 11.6 Å². The summed E-state index contributed by atoms with van der Waals surface area (Å²) in [6, 6.07) is 0.398. The number of likely N-dealkylation sites (N-methyl/N-ethyl adjacent to an activating group) is 1. The van der Waals surface area contributed by atoms with Gasteiger partial charge in [-0.25, -0.2) is 0 Å². The number of ether oxygens (including phenoxy) is 1. The molecule has 0 saturated carbocycles. The molecular formula is C14H25ClN4O. The van der Waals surface area contributed by atoms with Crippen molar-refractivity contribution in [3.63, 3.8) is 0 Å². The van der Waals surface area contributed by atoms with Crippen LogP contribution in [-0.2, 0) is 24.2 Å². The van der Waals surface area contributed by atoms with E-state index in [1.165, 1.54) is 0 Å². The van der Waals surface area contributed by atoms with Gasteiger partial charge < -0.3 is 10.1 Å². The number of aromatic nitrogens is 2. The predicted molar refractivity (Wildman–Crippen MR) is 81.2 cm³/mol. The molecule has 1 aliphatic heterocycles. The van der Waals surface area contributed by atoms with E-state index in [1.54, 1.807) is 0 Å². The number of nitrogens with zero attached hydrogens (tertiary/aromatic N) is 3. The molecule has 0 bridgehead atoms. The third-order valence-corrected chi connectivity index (χ3v) is 4.27. The lowest BCUT2D eigenvalue weighted by Crippen LogP contribution is -2.49. The standard InChI is InChI=1S/C14H25ClN4O/c1-4-12-14(15)13(19(5-2)17-12)9-18-6-7-20-10-11(18)8-16-3/h11,16H,4-10H2,1-3H3. The molecule has 0 aromatic carbocycles. The summed E-state index contributed by atoms with van der Waals surface area (Å²) >= 11 is 6.50. The van der Waals surface area contributed by atoms with Crippen molar-refractivity contribution in [1.29, 1.82) is 0 Å². The summed E-state index contributed by atoms with van der Waals surface area (Å²) in [4.78, 5) is 2.44. The summed E-state index contributed by atoms with van der Waals surface area (Å²) < 4.78 is 7.61. The lowest BCUT2D eigenvalue weighted by Gasteiger charge is -2.35. The SMILES string of the molecule is CCc1nn(CC)c(CN2CCOCC2CNC)c1Cl. The Bertz CT molecular complexity index is 433. The lowest BCUT2D eigenvalue weighted by atomic mass is 10.2. The summed E-state index contributed by atoms with van der Waals surface area (Å²) in [6.45, 7) is 9.34. The molecule has 1 aliphatic rings. The fourth-order valence-electron chi connectivity index (χ4n) is 2.68. The zero-order valence-corrected chi connectivity index (χ0v) is 13.4.